The number of benzene rings is 1. The summed E-state index contributed by atoms with van der Waals surface area (Å²) in [7, 11) is 0. The third kappa shape index (κ3) is 4.07. The molecule has 0 radical (unpaired) electrons. The summed E-state index contributed by atoms with van der Waals surface area (Å²) in [6, 6.07) is 5.40. The lowest BCUT2D eigenvalue weighted by Crippen LogP contribution is -1.90. The number of pyridine rings is 1. The van der Waals surface area contributed by atoms with Gasteiger partial charge < -0.3 is 9.84 Å². The maximum Gasteiger partial charge on any atom is 0.328 e. The average Bonchev–Trinajstić information content (AvgIpc) is 2.43. The Hall–Kier alpha value is -2.33. The minimum atomic E-state index is -1.01. The Balaban J connectivity index is 2.24. The molecule has 0 unspecified atom stereocenters. The number of carboxylic acid groups (broad SMARTS) is 1. The van der Waals surface area contributed by atoms with E-state index in [-0.39, 0.29) is 0 Å². The van der Waals surface area contributed by atoms with E-state index in [9.17, 15) is 4.79 Å². The Morgan fingerprint density at radius 2 is 1.86 bits per heavy atom. The van der Waals surface area contributed by atoms with Crippen LogP contribution in [0.3, 0.4) is 0 Å². The smallest absolute Gasteiger partial charge is 0.328 e. The summed E-state index contributed by atoms with van der Waals surface area (Å²) in [6.45, 7) is 3.82. The van der Waals surface area contributed by atoms with Gasteiger partial charge in [-0.15, -0.1) is 0 Å². The van der Waals surface area contributed by atoms with Gasteiger partial charge in [0.1, 0.15) is 11.5 Å². The average molecular weight is 304 g/mol. The number of rotatable bonds is 4. The summed E-state index contributed by atoms with van der Waals surface area (Å²) >= 11 is 6.12. The first-order chi connectivity index (χ1) is 9.95. The predicted octanol–water partition coefficient (Wildman–Crippen LogP) is 4.24. The summed E-state index contributed by atoms with van der Waals surface area (Å²) in [5.74, 6) is 0.185. The zero-order valence-electron chi connectivity index (χ0n) is 11.6. The molecule has 2 aromatic rings. The number of nitrogens with zero attached hydrogens (tertiary/aromatic N) is 1. The van der Waals surface area contributed by atoms with E-state index in [1.165, 1.54) is 6.08 Å². The van der Waals surface area contributed by atoms with Gasteiger partial charge in [-0.05, 0) is 54.8 Å². The maximum atomic E-state index is 10.5. The fourth-order valence-corrected chi connectivity index (χ4v) is 1.96. The number of halogens is 1. The Morgan fingerprint density at radius 1 is 1.19 bits per heavy atom. The Bertz CT molecular complexity index is 687. The van der Waals surface area contributed by atoms with Crippen LogP contribution in [-0.4, -0.2) is 16.1 Å². The van der Waals surface area contributed by atoms with Gasteiger partial charge in [-0.2, -0.15) is 0 Å². The molecule has 1 aromatic heterocycles. The minimum Gasteiger partial charge on any atom is -0.478 e. The topological polar surface area (TPSA) is 59.4 Å². The summed E-state index contributed by atoms with van der Waals surface area (Å²) < 4.78 is 5.74. The molecule has 0 spiro atoms. The van der Waals surface area contributed by atoms with Crippen molar-refractivity contribution in [1.29, 1.82) is 0 Å². The molecule has 2 rings (SSSR count). The van der Waals surface area contributed by atoms with Crippen LogP contribution in [0.1, 0.15) is 16.7 Å². The van der Waals surface area contributed by atoms with E-state index >= 15 is 0 Å². The molecule has 0 aliphatic rings. The predicted molar refractivity (Wildman–Crippen MR) is 81.9 cm³/mol. The van der Waals surface area contributed by atoms with Crippen molar-refractivity contribution in [3.8, 4) is 11.5 Å². The zero-order valence-corrected chi connectivity index (χ0v) is 12.4. The van der Waals surface area contributed by atoms with Crippen LogP contribution < -0.4 is 4.74 Å². The van der Waals surface area contributed by atoms with Crippen molar-refractivity contribution in [2.24, 2.45) is 0 Å². The molecule has 21 heavy (non-hydrogen) atoms. The standard InChI is InChI=1S/C16H14ClNO3/c1-10-5-13(6-11(2)16(10)17)21-14-7-12(8-18-9-14)3-4-15(19)20/h3-9H,1-2H3,(H,19,20)/b4-3+. The maximum absolute atomic E-state index is 10.5. The van der Waals surface area contributed by atoms with E-state index in [0.29, 0.717) is 17.1 Å². The van der Waals surface area contributed by atoms with Crippen LogP contribution in [0.2, 0.25) is 5.02 Å². The molecule has 0 saturated heterocycles. The Labute approximate surface area is 127 Å². The molecular formula is C16H14ClNO3. The van der Waals surface area contributed by atoms with Gasteiger partial charge in [-0.1, -0.05) is 11.6 Å². The lowest BCUT2D eigenvalue weighted by molar-refractivity contribution is -0.131. The van der Waals surface area contributed by atoms with Crippen LogP contribution in [0.25, 0.3) is 6.08 Å². The number of aryl methyl sites for hydroxylation is 2. The Kier molecular flexibility index (Phi) is 4.60. The van der Waals surface area contributed by atoms with Crippen LogP contribution in [0, 0.1) is 13.8 Å². The quantitative estimate of drug-likeness (QED) is 0.858. The van der Waals surface area contributed by atoms with E-state index in [1.54, 1.807) is 18.5 Å². The molecule has 0 amide bonds. The first-order valence-corrected chi connectivity index (χ1v) is 6.64. The molecule has 0 fully saturated rings. The first kappa shape index (κ1) is 15.1. The number of hydrogen-bond donors (Lipinski definition) is 1. The fourth-order valence-electron chi connectivity index (χ4n) is 1.85. The van der Waals surface area contributed by atoms with Crippen molar-refractivity contribution < 1.29 is 14.6 Å². The van der Waals surface area contributed by atoms with Crippen LogP contribution in [-0.2, 0) is 4.79 Å². The Morgan fingerprint density at radius 3 is 2.48 bits per heavy atom. The van der Waals surface area contributed by atoms with Gasteiger partial charge in [-0.25, -0.2) is 4.79 Å². The molecule has 0 aliphatic heterocycles. The van der Waals surface area contributed by atoms with Crippen LogP contribution in [0.4, 0.5) is 0 Å². The van der Waals surface area contributed by atoms with E-state index in [2.05, 4.69) is 4.98 Å². The normalized spacial score (nSPS) is 10.8. The van der Waals surface area contributed by atoms with E-state index in [1.807, 2.05) is 26.0 Å². The van der Waals surface area contributed by atoms with Gasteiger partial charge in [0.2, 0.25) is 0 Å². The number of ether oxygens (including phenoxy) is 1. The molecule has 0 aliphatic carbocycles. The van der Waals surface area contributed by atoms with Crippen molar-refractivity contribution in [1.82, 2.24) is 4.98 Å². The lowest BCUT2D eigenvalue weighted by Gasteiger charge is -2.09. The van der Waals surface area contributed by atoms with Crippen LogP contribution in [0.15, 0.2) is 36.7 Å². The fraction of sp³-hybridized carbons (Fsp3) is 0.125. The number of hydrogen-bond acceptors (Lipinski definition) is 3. The molecule has 0 atom stereocenters. The molecule has 0 bridgehead atoms. The van der Waals surface area contributed by atoms with Gasteiger partial charge in [0, 0.05) is 17.3 Å². The van der Waals surface area contributed by atoms with Crippen molar-refractivity contribution >= 4 is 23.6 Å². The van der Waals surface area contributed by atoms with E-state index < -0.39 is 5.97 Å². The highest BCUT2D eigenvalue weighted by atomic mass is 35.5. The third-order valence-electron chi connectivity index (χ3n) is 2.80. The van der Waals surface area contributed by atoms with Gasteiger partial charge in [-0.3, -0.25) is 4.98 Å². The van der Waals surface area contributed by atoms with Crippen LogP contribution >= 0.6 is 11.6 Å². The van der Waals surface area contributed by atoms with Crippen LogP contribution in [0.5, 0.6) is 11.5 Å². The van der Waals surface area contributed by atoms with E-state index in [0.717, 1.165) is 22.2 Å². The molecule has 1 N–H and O–H groups in total. The highest BCUT2D eigenvalue weighted by molar-refractivity contribution is 6.32. The monoisotopic (exact) mass is 303 g/mol. The van der Waals surface area contributed by atoms with Gasteiger partial charge in [0.05, 0.1) is 6.20 Å². The summed E-state index contributed by atoms with van der Waals surface area (Å²) in [4.78, 5) is 14.5. The summed E-state index contributed by atoms with van der Waals surface area (Å²) in [5, 5.41) is 9.34. The van der Waals surface area contributed by atoms with Gasteiger partial charge >= 0.3 is 5.97 Å². The second-order valence-corrected chi connectivity index (χ2v) is 4.98. The zero-order chi connectivity index (χ0) is 15.4. The summed E-state index contributed by atoms with van der Waals surface area (Å²) in [6.07, 6.45) is 5.64. The van der Waals surface area contributed by atoms with Crippen molar-refractivity contribution in [3.63, 3.8) is 0 Å². The molecule has 0 saturated carbocycles. The first-order valence-electron chi connectivity index (χ1n) is 6.26. The summed E-state index contributed by atoms with van der Waals surface area (Å²) in [5.41, 5.74) is 2.51. The number of carbonyl (C=O) groups is 1. The third-order valence-corrected chi connectivity index (χ3v) is 3.39. The molecular weight excluding hydrogens is 290 g/mol. The SMILES string of the molecule is Cc1cc(Oc2cncc(/C=C/C(=O)O)c2)cc(C)c1Cl. The van der Waals surface area contributed by atoms with Crippen molar-refractivity contribution in [3.05, 3.63) is 58.4 Å². The number of carboxylic acids is 1. The molecule has 1 aromatic carbocycles. The minimum absolute atomic E-state index is 0.531. The highest BCUT2D eigenvalue weighted by Crippen LogP contribution is 2.29. The molecule has 1 heterocycles. The van der Waals surface area contributed by atoms with Crippen molar-refractivity contribution in [2.45, 2.75) is 13.8 Å². The largest absolute Gasteiger partial charge is 0.478 e. The highest BCUT2D eigenvalue weighted by Gasteiger charge is 2.05. The van der Waals surface area contributed by atoms with Crippen molar-refractivity contribution in [2.75, 3.05) is 0 Å². The molecule has 4 nitrogen and oxygen atoms in total. The number of aromatic nitrogens is 1. The molecule has 108 valence electrons. The lowest BCUT2D eigenvalue weighted by atomic mass is 10.1. The van der Waals surface area contributed by atoms with E-state index in [4.69, 9.17) is 21.4 Å². The second kappa shape index (κ2) is 6.41. The van der Waals surface area contributed by atoms with Gasteiger partial charge in [0.25, 0.3) is 0 Å². The molecule has 5 heteroatoms. The number of aliphatic carboxylic acids is 1. The van der Waals surface area contributed by atoms with Gasteiger partial charge in [0.15, 0.2) is 0 Å². The second-order valence-electron chi connectivity index (χ2n) is 4.60.